The van der Waals surface area contributed by atoms with E-state index < -0.39 is 11.7 Å². The van der Waals surface area contributed by atoms with E-state index in [9.17, 15) is 9.18 Å². The van der Waals surface area contributed by atoms with Crippen LogP contribution in [0.3, 0.4) is 0 Å². The minimum Gasteiger partial charge on any atom is -0.320 e. The number of aryl methyl sites for hydroxylation is 1. The van der Waals surface area contributed by atoms with Gasteiger partial charge in [-0.1, -0.05) is 17.9 Å². The van der Waals surface area contributed by atoms with Crippen molar-refractivity contribution in [1.29, 1.82) is 0 Å². The van der Waals surface area contributed by atoms with Crippen LogP contribution in [0.15, 0.2) is 36.4 Å². The zero-order valence-corrected chi connectivity index (χ0v) is 11.5. The number of nitrogens with one attached hydrogen (secondary N) is 1. The first-order valence-electron chi connectivity index (χ1n) is 6.33. The van der Waals surface area contributed by atoms with Crippen molar-refractivity contribution in [1.82, 2.24) is 4.98 Å². The summed E-state index contributed by atoms with van der Waals surface area (Å²) >= 11 is 0. The molecule has 2 rings (SSSR count). The predicted molar refractivity (Wildman–Crippen MR) is 79.3 cm³/mol. The molecule has 0 atom stereocenters. The third-order valence-electron chi connectivity index (χ3n) is 2.69. The summed E-state index contributed by atoms with van der Waals surface area (Å²) in [5.41, 5.74) is 6.44. The lowest BCUT2D eigenvalue weighted by molar-refractivity contribution is 0.102. The molecule has 3 N–H and O–H groups in total. The van der Waals surface area contributed by atoms with E-state index in [1.54, 1.807) is 12.1 Å². The zero-order valence-electron chi connectivity index (χ0n) is 11.5. The Balaban J connectivity index is 2.18. The number of hydrogen-bond acceptors (Lipinski definition) is 3. The molecule has 0 bridgehead atoms. The molecule has 21 heavy (non-hydrogen) atoms. The van der Waals surface area contributed by atoms with Crippen molar-refractivity contribution in [3.63, 3.8) is 0 Å². The molecular formula is C16H14FN3O. The Bertz CT molecular complexity index is 732. The molecule has 0 aliphatic carbocycles. The van der Waals surface area contributed by atoms with E-state index in [4.69, 9.17) is 5.73 Å². The highest BCUT2D eigenvalue weighted by atomic mass is 19.1. The third kappa shape index (κ3) is 3.88. The van der Waals surface area contributed by atoms with Gasteiger partial charge in [0.25, 0.3) is 5.91 Å². The van der Waals surface area contributed by atoms with Crippen LogP contribution in [0.25, 0.3) is 0 Å². The predicted octanol–water partition coefficient (Wildman–Crippen LogP) is 2.09. The number of nitrogens with two attached hydrogens (primary N) is 1. The molecule has 0 saturated heterocycles. The fraction of sp³-hybridized carbons (Fsp3) is 0.125. The summed E-state index contributed by atoms with van der Waals surface area (Å²) in [4.78, 5) is 16.2. The van der Waals surface area contributed by atoms with Crippen LogP contribution in [0.1, 0.15) is 21.6 Å². The van der Waals surface area contributed by atoms with Crippen molar-refractivity contribution in [2.45, 2.75) is 6.92 Å². The number of hydrogen-bond donors (Lipinski definition) is 2. The van der Waals surface area contributed by atoms with Gasteiger partial charge in [0.15, 0.2) is 0 Å². The molecule has 0 fully saturated rings. The van der Waals surface area contributed by atoms with Gasteiger partial charge in [0.1, 0.15) is 11.6 Å². The average molecular weight is 283 g/mol. The van der Waals surface area contributed by atoms with Crippen LogP contribution >= 0.6 is 0 Å². The number of amides is 1. The maximum atomic E-state index is 13.8. The van der Waals surface area contributed by atoms with Crippen LogP contribution in [-0.4, -0.2) is 17.4 Å². The Hall–Kier alpha value is -2.71. The molecule has 1 aromatic carbocycles. The number of benzene rings is 1. The Kier molecular flexibility index (Phi) is 4.64. The molecule has 2 aromatic rings. The average Bonchev–Trinajstić information content (AvgIpc) is 2.46. The van der Waals surface area contributed by atoms with Crippen LogP contribution < -0.4 is 11.1 Å². The maximum absolute atomic E-state index is 13.8. The van der Waals surface area contributed by atoms with Gasteiger partial charge in [-0.25, -0.2) is 9.37 Å². The van der Waals surface area contributed by atoms with Crippen LogP contribution in [0, 0.1) is 24.6 Å². The lowest BCUT2D eigenvalue weighted by atomic mass is 10.1. The van der Waals surface area contributed by atoms with Crippen LogP contribution in [0.4, 0.5) is 10.2 Å². The van der Waals surface area contributed by atoms with Gasteiger partial charge in [0.05, 0.1) is 12.1 Å². The number of nitrogens with zero attached hydrogens (tertiary/aromatic N) is 1. The molecular weight excluding hydrogens is 269 g/mol. The van der Waals surface area contributed by atoms with Crippen LogP contribution in [0.5, 0.6) is 0 Å². The van der Waals surface area contributed by atoms with Gasteiger partial charge < -0.3 is 11.1 Å². The second-order valence-electron chi connectivity index (χ2n) is 4.32. The van der Waals surface area contributed by atoms with Gasteiger partial charge in [-0.05, 0) is 37.3 Å². The number of rotatable bonds is 2. The largest absolute Gasteiger partial charge is 0.320 e. The number of halogens is 1. The van der Waals surface area contributed by atoms with Crippen molar-refractivity contribution < 1.29 is 9.18 Å². The van der Waals surface area contributed by atoms with Gasteiger partial charge in [-0.15, -0.1) is 0 Å². The van der Waals surface area contributed by atoms with E-state index in [0.717, 1.165) is 11.8 Å². The summed E-state index contributed by atoms with van der Waals surface area (Å²) < 4.78 is 13.8. The van der Waals surface area contributed by atoms with Gasteiger partial charge in [0, 0.05) is 11.3 Å². The summed E-state index contributed by atoms with van der Waals surface area (Å²) in [6.07, 6.45) is 0. The Morgan fingerprint density at radius 2 is 2.19 bits per heavy atom. The second kappa shape index (κ2) is 6.64. The molecule has 0 spiro atoms. The minimum absolute atomic E-state index is 0.153. The molecule has 0 aliphatic heterocycles. The van der Waals surface area contributed by atoms with Gasteiger partial charge in [0.2, 0.25) is 0 Å². The molecule has 0 aliphatic rings. The topological polar surface area (TPSA) is 68.0 Å². The zero-order chi connectivity index (χ0) is 15.2. The number of aromatic nitrogens is 1. The highest BCUT2D eigenvalue weighted by Crippen LogP contribution is 2.12. The van der Waals surface area contributed by atoms with Crippen molar-refractivity contribution in [2.24, 2.45) is 5.73 Å². The summed E-state index contributed by atoms with van der Waals surface area (Å²) in [7, 11) is 0. The molecule has 0 unspecified atom stereocenters. The summed E-state index contributed by atoms with van der Waals surface area (Å²) in [5.74, 6) is 4.61. The first-order chi connectivity index (χ1) is 10.1. The number of carbonyl (C=O) groups is 1. The Morgan fingerprint density at radius 1 is 1.38 bits per heavy atom. The highest BCUT2D eigenvalue weighted by molar-refractivity contribution is 6.03. The van der Waals surface area contributed by atoms with Gasteiger partial charge in [-0.3, -0.25) is 4.79 Å². The van der Waals surface area contributed by atoms with Crippen molar-refractivity contribution in [3.8, 4) is 11.8 Å². The quantitative estimate of drug-likeness (QED) is 0.829. The first kappa shape index (κ1) is 14.7. The van der Waals surface area contributed by atoms with Crippen molar-refractivity contribution in [3.05, 3.63) is 59.0 Å². The lowest BCUT2D eigenvalue weighted by Gasteiger charge is -2.05. The standard InChI is InChI=1S/C16H14FN3O/c1-11-4-2-6-15(19-11)20-16(21)13-8-7-12(5-3-9-18)14(17)10-13/h2,4,6-8,10H,9,18H2,1H3,(H,19,20,21). The van der Waals surface area contributed by atoms with Crippen LogP contribution in [0.2, 0.25) is 0 Å². The van der Waals surface area contributed by atoms with Crippen LogP contribution in [-0.2, 0) is 0 Å². The third-order valence-corrected chi connectivity index (χ3v) is 2.69. The normalized spacial score (nSPS) is 9.67. The smallest absolute Gasteiger partial charge is 0.256 e. The highest BCUT2D eigenvalue weighted by Gasteiger charge is 2.09. The Morgan fingerprint density at radius 3 is 2.86 bits per heavy atom. The van der Waals surface area contributed by atoms with E-state index in [-0.39, 0.29) is 17.7 Å². The number of anilines is 1. The lowest BCUT2D eigenvalue weighted by Crippen LogP contribution is -2.13. The molecule has 1 aromatic heterocycles. The van der Waals surface area contributed by atoms with Gasteiger partial charge >= 0.3 is 0 Å². The fourth-order valence-electron chi connectivity index (χ4n) is 1.71. The SMILES string of the molecule is Cc1cccc(NC(=O)c2ccc(C#CCN)c(F)c2)n1. The summed E-state index contributed by atoms with van der Waals surface area (Å²) in [6.45, 7) is 1.97. The van der Waals surface area contributed by atoms with Crippen molar-refractivity contribution >= 4 is 11.7 Å². The summed E-state index contributed by atoms with van der Waals surface area (Å²) in [5, 5.41) is 2.62. The molecule has 1 amide bonds. The Labute approximate surface area is 122 Å². The minimum atomic E-state index is -0.555. The molecule has 106 valence electrons. The molecule has 0 saturated carbocycles. The van der Waals surface area contributed by atoms with Gasteiger partial charge in [-0.2, -0.15) is 0 Å². The van der Waals surface area contributed by atoms with E-state index in [2.05, 4.69) is 22.1 Å². The first-order valence-corrected chi connectivity index (χ1v) is 6.33. The number of pyridine rings is 1. The second-order valence-corrected chi connectivity index (χ2v) is 4.32. The van der Waals surface area contributed by atoms with E-state index in [1.165, 1.54) is 12.1 Å². The van der Waals surface area contributed by atoms with Crippen molar-refractivity contribution in [2.75, 3.05) is 11.9 Å². The molecule has 1 heterocycles. The fourth-order valence-corrected chi connectivity index (χ4v) is 1.71. The van der Waals surface area contributed by atoms with E-state index in [0.29, 0.717) is 5.82 Å². The maximum Gasteiger partial charge on any atom is 0.256 e. The number of carbonyl (C=O) groups excluding carboxylic acids is 1. The monoisotopic (exact) mass is 283 g/mol. The van der Waals surface area contributed by atoms with E-state index >= 15 is 0 Å². The molecule has 5 heteroatoms. The molecule has 4 nitrogen and oxygen atoms in total. The van der Waals surface area contributed by atoms with E-state index in [1.807, 2.05) is 13.0 Å². The summed E-state index contributed by atoms with van der Waals surface area (Å²) in [6, 6.07) is 9.38. The molecule has 0 radical (unpaired) electrons.